The molecule has 0 aliphatic heterocycles. The van der Waals surface area contributed by atoms with Crippen molar-refractivity contribution < 1.29 is 4.79 Å². The van der Waals surface area contributed by atoms with Crippen LogP contribution in [-0.4, -0.2) is 30.1 Å². The normalized spacial score (nSPS) is 11.9. The van der Waals surface area contributed by atoms with Crippen molar-refractivity contribution in [2.75, 3.05) is 5.32 Å². The van der Waals surface area contributed by atoms with Crippen molar-refractivity contribution in [2.45, 2.75) is 40.0 Å². The molecule has 0 spiro atoms. The Bertz CT molecular complexity index is 1380. The first-order valence-electron chi connectivity index (χ1n) is 9.80. The maximum Gasteiger partial charge on any atom is 0.247 e. The molecule has 0 atom stereocenters. The summed E-state index contributed by atoms with van der Waals surface area (Å²) in [6.45, 7) is 16.8. The number of amides is 1. The van der Waals surface area contributed by atoms with Gasteiger partial charge < -0.3 is 5.32 Å². The van der Waals surface area contributed by atoms with Crippen molar-refractivity contribution in [1.82, 2.24) is 24.2 Å². The summed E-state index contributed by atoms with van der Waals surface area (Å²) in [5, 5.41) is 19.8. The number of rotatable bonds is 4. The van der Waals surface area contributed by atoms with Gasteiger partial charge in [-0.3, -0.25) is 9.89 Å². The highest BCUT2D eigenvalue weighted by atomic mass is 32.1. The van der Waals surface area contributed by atoms with Crippen LogP contribution in [0.3, 0.4) is 0 Å². The second-order valence-electron chi connectivity index (χ2n) is 8.25. The summed E-state index contributed by atoms with van der Waals surface area (Å²) in [7, 11) is 0. The quantitative estimate of drug-likeness (QED) is 0.308. The van der Waals surface area contributed by atoms with Crippen LogP contribution in [0.1, 0.15) is 39.1 Å². The number of carbonyl (C=O) groups excluding carboxylic acids is 1. The fraction of sp³-hybridized carbons (Fsp3) is 0.286. The van der Waals surface area contributed by atoms with Crippen LogP contribution in [0.2, 0.25) is 0 Å². The van der Waals surface area contributed by atoms with Crippen LogP contribution in [0.5, 0.6) is 0 Å². The van der Waals surface area contributed by atoms with Crippen LogP contribution in [-0.2, 0) is 10.2 Å². The third kappa shape index (κ3) is 4.00. The molecule has 0 unspecified atom stereocenters. The number of benzene rings is 1. The lowest BCUT2D eigenvalue weighted by molar-refractivity contribution is -0.114. The van der Waals surface area contributed by atoms with E-state index in [9.17, 15) is 4.79 Å². The van der Waals surface area contributed by atoms with Crippen molar-refractivity contribution in [1.29, 1.82) is 0 Å². The summed E-state index contributed by atoms with van der Waals surface area (Å²) < 4.78 is 5.78. The first-order valence-corrected chi connectivity index (χ1v) is 10.6. The van der Waals surface area contributed by atoms with Crippen LogP contribution >= 0.6 is 11.5 Å². The van der Waals surface area contributed by atoms with Gasteiger partial charge in [0.1, 0.15) is 0 Å². The van der Waals surface area contributed by atoms with E-state index < -0.39 is 0 Å². The van der Waals surface area contributed by atoms with Gasteiger partial charge >= 0.3 is 0 Å². The molecule has 0 saturated heterocycles. The minimum Gasteiger partial charge on any atom is -0.326 e. The highest BCUT2D eigenvalue weighted by Gasteiger charge is 2.26. The van der Waals surface area contributed by atoms with Crippen molar-refractivity contribution in [3.05, 3.63) is 47.1 Å². The maximum absolute atomic E-state index is 11.2. The molecule has 3 aromatic heterocycles. The van der Waals surface area contributed by atoms with E-state index in [2.05, 4.69) is 60.7 Å². The molecule has 3 heterocycles. The zero-order valence-corrected chi connectivity index (χ0v) is 19.1. The number of carbonyl (C=O) groups is 1. The maximum atomic E-state index is 11.2. The van der Waals surface area contributed by atoms with E-state index in [1.54, 1.807) is 23.7 Å². The van der Waals surface area contributed by atoms with Gasteiger partial charge in [0.15, 0.2) is 16.5 Å². The molecular formula is C21H21N9OS. The second-order valence-corrected chi connectivity index (χ2v) is 9.00. The number of H-pyrrole nitrogens is 1. The van der Waals surface area contributed by atoms with E-state index in [0.717, 1.165) is 22.8 Å². The Labute approximate surface area is 188 Å². The number of aromatic amines is 1. The van der Waals surface area contributed by atoms with Crippen LogP contribution in [0.25, 0.3) is 21.9 Å². The molecule has 162 valence electrons. The summed E-state index contributed by atoms with van der Waals surface area (Å²) in [4.78, 5) is 19.4. The van der Waals surface area contributed by atoms with Gasteiger partial charge in [-0.2, -0.15) is 4.63 Å². The van der Waals surface area contributed by atoms with Gasteiger partial charge in [0.05, 0.1) is 18.0 Å². The monoisotopic (exact) mass is 447 g/mol. The van der Waals surface area contributed by atoms with Crippen LogP contribution < -0.4 is 5.32 Å². The first-order chi connectivity index (χ1) is 15.2. The van der Waals surface area contributed by atoms with E-state index in [1.807, 2.05) is 12.1 Å². The van der Waals surface area contributed by atoms with Crippen molar-refractivity contribution in [3.63, 3.8) is 0 Å². The van der Waals surface area contributed by atoms with Crippen molar-refractivity contribution in [2.24, 2.45) is 10.2 Å². The molecule has 4 rings (SSSR count). The predicted molar refractivity (Wildman–Crippen MR) is 123 cm³/mol. The van der Waals surface area contributed by atoms with Crippen LogP contribution in [0, 0.1) is 13.5 Å². The molecule has 11 heteroatoms. The highest BCUT2D eigenvalue weighted by Crippen LogP contribution is 2.39. The topological polar surface area (TPSA) is 117 Å². The molecule has 32 heavy (non-hydrogen) atoms. The Morgan fingerprint density at radius 1 is 1.25 bits per heavy atom. The number of aryl methyl sites for hydroxylation is 1. The zero-order chi connectivity index (χ0) is 23.0. The van der Waals surface area contributed by atoms with E-state index in [4.69, 9.17) is 6.57 Å². The number of nitrogens with zero attached hydrogens (tertiary/aromatic N) is 7. The summed E-state index contributed by atoms with van der Waals surface area (Å²) >= 11 is 1.14. The Kier molecular flexibility index (Phi) is 5.31. The van der Waals surface area contributed by atoms with Crippen molar-refractivity contribution >= 4 is 45.2 Å². The summed E-state index contributed by atoms with van der Waals surface area (Å²) in [6, 6.07) is 7.28. The molecule has 2 N–H and O–H groups in total. The van der Waals surface area contributed by atoms with Gasteiger partial charge in [-0.1, -0.05) is 20.8 Å². The lowest BCUT2D eigenvalue weighted by Crippen LogP contribution is -2.12. The number of anilines is 1. The van der Waals surface area contributed by atoms with E-state index in [1.165, 1.54) is 6.92 Å². The van der Waals surface area contributed by atoms with Gasteiger partial charge in [-0.05, 0) is 42.7 Å². The molecule has 0 aliphatic rings. The van der Waals surface area contributed by atoms with Gasteiger partial charge in [0.2, 0.25) is 17.2 Å². The lowest BCUT2D eigenvalue weighted by Gasteiger charge is -2.16. The van der Waals surface area contributed by atoms with Gasteiger partial charge in [-0.25, -0.2) is 14.2 Å². The molecule has 4 aromatic rings. The SMILES string of the molecule is [C-]#[N+]c1c(C)nsc1N=Nc1c(C(C)(C)C)[nH]n2nc(-c3ccc(NC(C)=O)cc3)nc12. The molecule has 0 saturated carbocycles. The average Bonchev–Trinajstić information content (AvgIpc) is 3.38. The summed E-state index contributed by atoms with van der Waals surface area (Å²) in [6.07, 6.45) is 0. The molecule has 10 nitrogen and oxygen atoms in total. The first kappa shape index (κ1) is 21.3. The molecule has 0 radical (unpaired) electrons. The predicted octanol–water partition coefficient (Wildman–Crippen LogP) is 5.71. The largest absolute Gasteiger partial charge is 0.326 e. The fourth-order valence-electron chi connectivity index (χ4n) is 3.10. The Morgan fingerprint density at radius 2 is 1.97 bits per heavy atom. The third-order valence-electron chi connectivity index (χ3n) is 4.65. The molecule has 1 aromatic carbocycles. The molecule has 1 amide bonds. The minimum absolute atomic E-state index is 0.131. The Balaban J connectivity index is 1.77. The lowest BCUT2D eigenvalue weighted by atomic mass is 9.91. The number of nitrogens with one attached hydrogen (secondary N) is 2. The number of hydrogen-bond donors (Lipinski definition) is 2. The van der Waals surface area contributed by atoms with Gasteiger partial charge in [-0.15, -0.1) is 15.3 Å². The van der Waals surface area contributed by atoms with E-state index in [0.29, 0.717) is 39.2 Å². The second kappa shape index (κ2) is 7.97. The van der Waals surface area contributed by atoms with E-state index >= 15 is 0 Å². The molecular weight excluding hydrogens is 426 g/mol. The van der Waals surface area contributed by atoms with Crippen LogP contribution in [0.15, 0.2) is 34.5 Å². The summed E-state index contributed by atoms with van der Waals surface area (Å²) in [5.41, 5.74) is 4.21. The van der Waals surface area contributed by atoms with Crippen LogP contribution in [0.4, 0.5) is 22.1 Å². The number of aromatic nitrogens is 5. The average molecular weight is 448 g/mol. The smallest absolute Gasteiger partial charge is 0.247 e. The van der Waals surface area contributed by atoms with E-state index in [-0.39, 0.29) is 11.3 Å². The summed E-state index contributed by atoms with van der Waals surface area (Å²) in [5.74, 6) is 0.381. The molecule has 0 fully saturated rings. The molecule has 0 aliphatic carbocycles. The minimum atomic E-state index is -0.261. The van der Waals surface area contributed by atoms with Gasteiger partial charge in [0.25, 0.3) is 0 Å². The van der Waals surface area contributed by atoms with Gasteiger partial charge in [0, 0.05) is 23.6 Å². The Morgan fingerprint density at radius 3 is 2.59 bits per heavy atom. The number of hydrogen-bond acceptors (Lipinski definition) is 7. The standard InChI is InChI=1S/C21H21N9OS/c1-11-15(22-6)20(32-29-11)26-25-16-17(21(3,4)5)27-30-19(16)24-18(28-30)13-7-9-14(10-8-13)23-12(2)31/h7-10,27H,1-5H3,(H,23,31). The third-order valence-corrected chi connectivity index (χ3v) is 5.47. The van der Waals surface area contributed by atoms with Crippen molar-refractivity contribution in [3.8, 4) is 11.4 Å². The fourth-order valence-corrected chi connectivity index (χ4v) is 3.77. The zero-order valence-electron chi connectivity index (χ0n) is 18.3. The highest BCUT2D eigenvalue weighted by molar-refractivity contribution is 7.10. The number of fused-ring (bicyclic) bond motifs is 1. The molecule has 0 bridgehead atoms. The Hall–Kier alpha value is -3.91. The number of azo groups is 1.